The molecule has 1 aromatic heterocycles. The van der Waals surface area contributed by atoms with E-state index in [1.165, 1.54) is 19.4 Å². The van der Waals surface area contributed by atoms with Crippen LogP contribution >= 0.6 is 11.6 Å². The van der Waals surface area contributed by atoms with Gasteiger partial charge < -0.3 is 20.7 Å². The van der Waals surface area contributed by atoms with Crippen molar-refractivity contribution in [2.24, 2.45) is 0 Å². The van der Waals surface area contributed by atoms with E-state index in [-0.39, 0.29) is 22.8 Å². The molecule has 0 saturated carbocycles. The Morgan fingerprint density at radius 2 is 2.35 bits per heavy atom. The van der Waals surface area contributed by atoms with Crippen LogP contribution in [0.3, 0.4) is 0 Å². The summed E-state index contributed by atoms with van der Waals surface area (Å²) >= 11 is 5.77. The van der Waals surface area contributed by atoms with E-state index in [4.69, 9.17) is 17.3 Å². The topological polar surface area (TPSA) is 97.5 Å². The standard InChI is InChI=1S/C12H15ClN4O3/c1-20-12(19)16-7-2-3-17(6-7)11(18)8-4-10(13)15-5-9(8)14/h4-5,7H,2-3,6,14H2,1H3,(H,16,19). The van der Waals surface area contributed by atoms with Crippen molar-refractivity contribution in [1.29, 1.82) is 0 Å². The summed E-state index contributed by atoms with van der Waals surface area (Å²) in [6, 6.07) is 1.32. The Balaban J connectivity index is 2.04. The van der Waals surface area contributed by atoms with E-state index in [0.29, 0.717) is 25.1 Å². The van der Waals surface area contributed by atoms with Gasteiger partial charge in [0.1, 0.15) is 5.15 Å². The Hall–Kier alpha value is -2.02. The van der Waals surface area contributed by atoms with E-state index in [1.807, 2.05) is 0 Å². The third-order valence-electron chi connectivity index (χ3n) is 3.11. The largest absolute Gasteiger partial charge is 0.453 e. The number of alkyl carbamates (subject to hydrolysis) is 1. The number of halogens is 1. The van der Waals surface area contributed by atoms with Crippen molar-refractivity contribution in [2.75, 3.05) is 25.9 Å². The summed E-state index contributed by atoms with van der Waals surface area (Å²) in [6.45, 7) is 0.945. The second-order valence-corrected chi connectivity index (χ2v) is 4.85. The summed E-state index contributed by atoms with van der Waals surface area (Å²) in [7, 11) is 1.30. The molecule has 0 radical (unpaired) electrons. The third kappa shape index (κ3) is 3.11. The number of rotatable bonds is 2. The van der Waals surface area contributed by atoms with Gasteiger partial charge in [0.05, 0.1) is 30.6 Å². The summed E-state index contributed by atoms with van der Waals surface area (Å²) in [5.41, 5.74) is 6.34. The minimum absolute atomic E-state index is 0.120. The first kappa shape index (κ1) is 14.4. The van der Waals surface area contributed by atoms with Crippen molar-refractivity contribution in [3.8, 4) is 0 Å². The first-order valence-corrected chi connectivity index (χ1v) is 6.44. The first-order valence-electron chi connectivity index (χ1n) is 6.06. The van der Waals surface area contributed by atoms with Crippen LogP contribution < -0.4 is 11.1 Å². The van der Waals surface area contributed by atoms with Crippen LogP contribution in [0.25, 0.3) is 0 Å². The smallest absolute Gasteiger partial charge is 0.407 e. The van der Waals surface area contributed by atoms with Crippen LogP contribution in [0, 0.1) is 0 Å². The zero-order valence-corrected chi connectivity index (χ0v) is 11.7. The number of anilines is 1. The Labute approximate surface area is 121 Å². The molecule has 7 nitrogen and oxygen atoms in total. The quantitative estimate of drug-likeness (QED) is 0.790. The molecule has 1 saturated heterocycles. The molecule has 20 heavy (non-hydrogen) atoms. The molecule has 0 aliphatic carbocycles. The fourth-order valence-electron chi connectivity index (χ4n) is 2.08. The normalized spacial score (nSPS) is 17.9. The van der Waals surface area contributed by atoms with Crippen LogP contribution in [-0.4, -0.2) is 48.1 Å². The maximum Gasteiger partial charge on any atom is 0.407 e. The molecule has 1 aliphatic rings. The number of carbonyl (C=O) groups is 2. The molecule has 0 spiro atoms. The van der Waals surface area contributed by atoms with E-state index in [9.17, 15) is 9.59 Å². The lowest BCUT2D eigenvalue weighted by Gasteiger charge is -2.17. The summed E-state index contributed by atoms with van der Waals surface area (Å²) in [5.74, 6) is -0.221. The second kappa shape index (κ2) is 5.96. The maximum absolute atomic E-state index is 12.3. The molecule has 2 rings (SSSR count). The van der Waals surface area contributed by atoms with Crippen LogP contribution in [0.1, 0.15) is 16.8 Å². The number of hydrogen-bond donors (Lipinski definition) is 2. The SMILES string of the molecule is COC(=O)NC1CCN(C(=O)c2cc(Cl)ncc2N)C1. The number of pyridine rings is 1. The minimum Gasteiger partial charge on any atom is -0.453 e. The Morgan fingerprint density at radius 1 is 1.60 bits per heavy atom. The van der Waals surface area contributed by atoms with Gasteiger partial charge in [-0.2, -0.15) is 0 Å². The average Bonchev–Trinajstić information content (AvgIpc) is 2.89. The molecular weight excluding hydrogens is 284 g/mol. The van der Waals surface area contributed by atoms with Gasteiger partial charge in [-0.05, 0) is 12.5 Å². The molecule has 0 bridgehead atoms. The van der Waals surface area contributed by atoms with Crippen molar-refractivity contribution in [3.05, 3.63) is 23.0 Å². The Bertz CT molecular complexity index is 537. The molecule has 1 fully saturated rings. The highest BCUT2D eigenvalue weighted by atomic mass is 35.5. The fourth-order valence-corrected chi connectivity index (χ4v) is 2.24. The molecule has 1 unspecified atom stereocenters. The van der Waals surface area contributed by atoms with Crippen molar-refractivity contribution >= 4 is 29.3 Å². The van der Waals surface area contributed by atoms with Gasteiger partial charge in [0.15, 0.2) is 0 Å². The van der Waals surface area contributed by atoms with Gasteiger partial charge in [0.25, 0.3) is 5.91 Å². The zero-order valence-electron chi connectivity index (χ0n) is 10.9. The van der Waals surface area contributed by atoms with Gasteiger partial charge in [-0.3, -0.25) is 4.79 Å². The van der Waals surface area contributed by atoms with Crippen LogP contribution in [0.15, 0.2) is 12.3 Å². The highest BCUT2D eigenvalue weighted by molar-refractivity contribution is 6.29. The maximum atomic E-state index is 12.3. The summed E-state index contributed by atoms with van der Waals surface area (Å²) < 4.78 is 4.53. The van der Waals surface area contributed by atoms with Crippen molar-refractivity contribution in [2.45, 2.75) is 12.5 Å². The van der Waals surface area contributed by atoms with Gasteiger partial charge in [-0.25, -0.2) is 9.78 Å². The molecule has 1 aliphatic heterocycles. The average molecular weight is 299 g/mol. The van der Waals surface area contributed by atoms with Crippen LogP contribution in [0.2, 0.25) is 5.15 Å². The van der Waals surface area contributed by atoms with Crippen molar-refractivity contribution in [1.82, 2.24) is 15.2 Å². The fraction of sp³-hybridized carbons (Fsp3) is 0.417. The summed E-state index contributed by atoms with van der Waals surface area (Å²) in [5, 5.41) is 2.88. The van der Waals surface area contributed by atoms with Gasteiger partial charge >= 0.3 is 6.09 Å². The number of aromatic nitrogens is 1. The highest BCUT2D eigenvalue weighted by Crippen LogP contribution is 2.20. The van der Waals surface area contributed by atoms with Crippen LogP contribution in [-0.2, 0) is 4.74 Å². The number of likely N-dealkylation sites (tertiary alicyclic amines) is 1. The molecule has 0 aromatic carbocycles. The summed E-state index contributed by atoms with van der Waals surface area (Å²) in [4.78, 5) is 28.9. The van der Waals surface area contributed by atoms with Crippen molar-refractivity contribution in [3.63, 3.8) is 0 Å². The highest BCUT2D eigenvalue weighted by Gasteiger charge is 2.29. The number of hydrogen-bond acceptors (Lipinski definition) is 5. The lowest BCUT2D eigenvalue weighted by Crippen LogP contribution is -2.38. The molecule has 3 N–H and O–H groups in total. The Kier molecular flexibility index (Phi) is 4.29. The van der Waals surface area contributed by atoms with Crippen LogP contribution in [0.4, 0.5) is 10.5 Å². The van der Waals surface area contributed by atoms with Crippen molar-refractivity contribution < 1.29 is 14.3 Å². The molecule has 108 valence electrons. The van der Waals surface area contributed by atoms with Gasteiger partial charge in [-0.15, -0.1) is 0 Å². The number of carbonyl (C=O) groups excluding carboxylic acids is 2. The number of methoxy groups -OCH3 is 1. The molecular formula is C12H15ClN4O3. The number of nitrogens with one attached hydrogen (secondary N) is 1. The number of nitrogens with two attached hydrogens (primary N) is 1. The van der Waals surface area contributed by atoms with E-state index >= 15 is 0 Å². The van der Waals surface area contributed by atoms with Gasteiger partial charge in [-0.1, -0.05) is 11.6 Å². The minimum atomic E-state index is -0.504. The molecule has 2 amide bonds. The zero-order chi connectivity index (χ0) is 14.7. The number of ether oxygens (including phenoxy) is 1. The monoisotopic (exact) mass is 298 g/mol. The first-order chi connectivity index (χ1) is 9.51. The van der Waals surface area contributed by atoms with E-state index in [0.717, 1.165) is 0 Å². The lowest BCUT2D eigenvalue weighted by molar-refractivity contribution is 0.0789. The number of nitrogen functional groups attached to an aromatic ring is 1. The number of amides is 2. The van der Waals surface area contributed by atoms with E-state index in [2.05, 4.69) is 15.0 Å². The second-order valence-electron chi connectivity index (χ2n) is 4.47. The molecule has 8 heteroatoms. The summed E-state index contributed by atoms with van der Waals surface area (Å²) in [6.07, 6.45) is 1.52. The predicted octanol–water partition coefficient (Wildman–Crippen LogP) is 0.888. The Morgan fingerprint density at radius 3 is 3.05 bits per heavy atom. The molecule has 1 atom stereocenters. The van der Waals surface area contributed by atoms with Crippen LogP contribution in [0.5, 0.6) is 0 Å². The van der Waals surface area contributed by atoms with E-state index < -0.39 is 6.09 Å². The lowest BCUT2D eigenvalue weighted by atomic mass is 10.2. The number of nitrogens with zero attached hydrogens (tertiary/aromatic N) is 2. The predicted molar refractivity (Wildman–Crippen MR) is 73.5 cm³/mol. The third-order valence-corrected chi connectivity index (χ3v) is 3.32. The molecule has 2 heterocycles. The van der Waals surface area contributed by atoms with Gasteiger partial charge in [0.2, 0.25) is 0 Å². The van der Waals surface area contributed by atoms with E-state index in [1.54, 1.807) is 4.90 Å². The van der Waals surface area contributed by atoms with Gasteiger partial charge in [0, 0.05) is 13.1 Å². The molecule has 1 aromatic rings.